The molecular weight excluding hydrogens is 389 g/mol. The molecule has 0 heterocycles. The summed E-state index contributed by atoms with van der Waals surface area (Å²) >= 11 is 17.7. The lowest BCUT2D eigenvalue weighted by Gasteiger charge is -2.16. The molecule has 1 amide bonds. The third-order valence-electron chi connectivity index (χ3n) is 3.43. The predicted molar refractivity (Wildman–Crippen MR) is 99.6 cm³/mol. The molecule has 0 aliphatic heterocycles. The zero-order valence-corrected chi connectivity index (χ0v) is 15.3. The minimum absolute atomic E-state index is 0.0557. The van der Waals surface area contributed by atoms with Crippen LogP contribution in [0.1, 0.15) is 18.5 Å². The number of carbonyl (C=O) groups excluding carboxylic acids is 1. The molecule has 0 saturated heterocycles. The number of hydrogen-bond donors (Lipinski definition) is 2. The van der Waals surface area contributed by atoms with Crippen LogP contribution in [0.5, 0.6) is 0 Å². The van der Waals surface area contributed by atoms with Crippen molar-refractivity contribution in [3.63, 3.8) is 0 Å². The van der Waals surface area contributed by atoms with E-state index in [1.165, 1.54) is 18.2 Å². The topological polar surface area (TPSA) is 84.3 Å². The minimum atomic E-state index is -0.606. The molecule has 0 unspecified atom stereocenters. The standard InChI is InChI=1S/C16H14Cl3N3O3/c1-9(12-4-2-10(17)6-13(12)19)20-8-16(23)21-14-5-3-11(18)7-15(14)22(24)25/h2-7,9,20H,8H2,1H3,(H,21,23)/t9-/m0/s1. The zero-order chi connectivity index (χ0) is 18.6. The zero-order valence-electron chi connectivity index (χ0n) is 13.1. The lowest BCUT2D eigenvalue weighted by Crippen LogP contribution is -2.30. The normalized spacial score (nSPS) is 11.8. The third kappa shape index (κ3) is 5.31. The number of benzene rings is 2. The Morgan fingerprint density at radius 1 is 1.16 bits per heavy atom. The Morgan fingerprint density at radius 3 is 2.44 bits per heavy atom. The van der Waals surface area contributed by atoms with Gasteiger partial charge in [0.25, 0.3) is 5.69 Å². The molecule has 25 heavy (non-hydrogen) atoms. The van der Waals surface area contributed by atoms with Crippen molar-refractivity contribution in [1.82, 2.24) is 5.32 Å². The number of amides is 1. The first-order valence-corrected chi connectivity index (χ1v) is 8.33. The Hall–Kier alpha value is -1.86. The minimum Gasteiger partial charge on any atom is -0.319 e. The van der Waals surface area contributed by atoms with E-state index >= 15 is 0 Å². The molecule has 1 atom stereocenters. The third-order valence-corrected chi connectivity index (χ3v) is 4.23. The van der Waals surface area contributed by atoms with Crippen LogP contribution in [0.4, 0.5) is 11.4 Å². The second kappa shape index (κ2) is 8.49. The van der Waals surface area contributed by atoms with E-state index in [2.05, 4.69) is 10.6 Å². The first-order valence-electron chi connectivity index (χ1n) is 7.20. The van der Waals surface area contributed by atoms with E-state index in [9.17, 15) is 14.9 Å². The van der Waals surface area contributed by atoms with Crippen LogP contribution in [-0.2, 0) is 4.79 Å². The Labute approximate surface area is 159 Å². The molecule has 2 N–H and O–H groups in total. The Kier molecular flexibility index (Phi) is 6.61. The van der Waals surface area contributed by atoms with Crippen molar-refractivity contribution < 1.29 is 9.72 Å². The molecule has 2 rings (SSSR count). The van der Waals surface area contributed by atoms with Crippen molar-refractivity contribution >= 4 is 52.1 Å². The molecule has 9 heteroatoms. The molecule has 0 fully saturated rings. The average Bonchev–Trinajstić information content (AvgIpc) is 2.54. The first kappa shape index (κ1) is 19.5. The van der Waals surface area contributed by atoms with Crippen LogP contribution in [-0.4, -0.2) is 17.4 Å². The number of nitro benzene ring substituents is 1. The lowest BCUT2D eigenvalue weighted by molar-refractivity contribution is -0.383. The number of rotatable bonds is 6. The summed E-state index contributed by atoms with van der Waals surface area (Å²) in [6.07, 6.45) is 0. The van der Waals surface area contributed by atoms with Gasteiger partial charge in [0, 0.05) is 27.2 Å². The monoisotopic (exact) mass is 401 g/mol. The fourth-order valence-electron chi connectivity index (χ4n) is 2.16. The molecule has 0 spiro atoms. The van der Waals surface area contributed by atoms with Gasteiger partial charge in [0.1, 0.15) is 5.69 Å². The fourth-order valence-corrected chi connectivity index (χ4v) is 2.90. The van der Waals surface area contributed by atoms with Gasteiger partial charge in [0.05, 0.1) is 11.5 Å². The first-order chi connectivity index (χ1) is 11.8. The molecule has 2 aromatic rings. The van der Waals surface area contributed by atoms with Crippen LogP contribution in [0.25, 0.3) is 0 Å². The van der Waals surface area contributed by atoms with Gasteiger partial charge in [-0.25, -0.2) is 0 Å². The number of hydrogen-bond acceptors (Lipinski definition) is 4. The van der Waals surface area contributed by atoms with Crippen molar-refractivity contribution in [2.75, 3.05) is 11.9 Å². The molecule has 0 saturated carbocycles. The maximum absolute atomic E-state index is 12.1. The Morgan fingerprint density at radius 2 is 1.80 bits per heavy atom. The second-order valence-electron chi connectivity index (χ2n) is 5.24. The molecule has 0 bridgehead atoms. The SMILES string of the molecule is C[C@H](NCC(=O)Nc1ccc(Cl)cc1[N+](=O)[O-])c1ccc(Cl)cc1Cl. The largest absolute Gasteiger partial charge is 0.319 e. The number of nitro groups is 1. The van der Waals surface area contributed by atoms with E-state index < -0.39 is 10.8 Å². The Bertz CT molecular complexity index is 814. The molecule has 6 nitrogen and oxygen atoms in total. The van der Waals surface area contributed by atoms with Crippen LogP contribution >= 0.6 is 34.8 Å². The van der Waals surface area contributed by atoms with Gasteiger partial charge in [-0.05, 0) is 36.8 Å². The van der Waals surface area contributed by atoms with Crippen LogP contribution in [0.15, 0.2) is 36.4 Å². The number of halogens is 3. The van der Waals surface area contributed by atoms with Gasteiger partial charge in [-0.3, -0.25) is 14.9 Å². The summed E-state index contributed by atoms with van der Waals surface area (Å²) in [5, 5.41) is 17.7. The fraction of sp³-hybridized carbons (Fsp3) is 0.188. The highest BCUT2D eigenvalue weighted by Crippen LogP contribution is 2.28. The molecule has 0 aliphatic rings. The maximum Gasteiger partial charge on any atom is 0.294 e. The maximum atomic E-state index is 12.1. The van der Waals surface area contributed by atoms with Gasteiger partial charge in [0.15, 0.2) is 0 Å². The van der Waals surface area contributed by atoms with Gasteiger partial charge >= 0.3 is 0 Å². The molecule has 0 radical (unpaired) electrons. The quantitative estimate of drug-likeness (QED) is 0.534. The highest BCUT2D eigenvalue weighted by molar-refractivity contribution is 6.35. The van der Waals surface area contributed by atoms with Crippen molar-refractivity contribution in [3.8, 4) is 0 Å². The van der Waals surface area contributed by atoms with E-state index in [1.807, 2.05) is 6.92 Å². The number of nitrogens with one attached hydrogen (secondary N) is 2. The summed E-state index contributed by atoms with van der Waals surface area (Å²) < 4.78 is 0. The van der Waals surface area contributed by atoms with E-state index in [0.29, 0.717) is 10.0 Å². The van der Waals surface area contributed by atoms with E-state index in [1.54, 1.807) is 18.2 Å². The summed E-state index contributed by atoms with van der Waals surface area (Å²) in [6.45, 7) is 1.78. The van der Waals surface area contributed by atoms with Gasteiger partial charge in [-0.2, -0.15) is 0 Å². The molecule has 2 aromatic carbocycles. The number of anilines is 1. The van der Waals surface area contributed by atoms with Crippen LogP contribution < -0.4 is 10.6 Å². The molecule has 0 aromatic heterocycles. The van der Waals surface area contributed by atoms with Crippen LogP contribution in [0.2, 0.25) is 15.1 Å². The Balaban J connectivity index is 2.00. The van der Waals surface area contributed by atoms with Gasteiger partial charge in [-0.15, -0.1) is 0 Å². The van der Waals surface area contributed by atoms with Crippen LogP contribution in [0, 0.1) is 10.1 Å². The number of carbonyl (C=O) groups is 1. The average molecular weight is 403 g/mol. The van der Waals surface area contributed by atoms with Gasteiger partial charge < -0.3 is 10.6 Å². The summed E-state index contributed by atoms with van der Waals surface area (Å²) in [7, 11) is 0. The summed E-state index contributed by atoms with van der Waals surface area (Å²) in [5.41, 5.74) is 0.601. The van der Waals surface area contributed by atoms with E-state index in [4.69, 9.17) is 34.8 Å². The highest BCUT2D eigenvalue weighted by atomic mass is 35.5. The van der Waals surface area contributed by atoms with Crippen molar-refractivity contribution in [1.29, 1.82) is 0 Å². The summed E-state index contributed by atoms with van der Waals surface area (Å²) in [4.78, 5) is 22.5. The van der Waals surface area contributed by atoms with Crippen LogP contribution in [0.3, 0.4) is 0 Å². The van der Waals surface area contributed by atoms with E-state index in [0.717, 1.165) is 5.56 Å². The van der Waals surface area contributed by atoms with Crippen molar-refractivity contribution in [2.45, 2.75) is 13.0 Å². The predicted octanol–water partition coefficient (Wildman–Crippen LogP) is 4.84. The van der Waals surface area contributed by atoms with Crippen molar-refractivity contribution in [3.05, 3.63) is 67.1 Å². The molecule has 0 aliphatic carbocycles. The summed E-state index contributed by atoms with van der Waals surface area (Å²) in [5.74, 6) is -0.428. The molecule has 132 valence electrons. The lowest BCUT2D eigenvalue weighted by atomic mass is 10.1. The highest BCUT2D eigenvalue weighted by Gasteiger charge is 2.17. The van der Waals surface area contributed by atoms with Gasteiger partial charge in [-0.1, -0.05) is 40.9 Å². The summed E-state index contributed by atoms with van der Waals surface area (Å²) in [6, 6.07) is 8.92. The van der Waals surface area contributed by atoms with Crippen molar-refractivity contribution in [2.24, 2.45) is 0 Å². The smallest absolute Gasteiger partial charge is 0.294 e. The van der Waals surface area contributed by atoms with E-state index in [-0.39, 0.29) is 29.0 Å². The molecular formula is C16H14Cl3N3O3. The van der Waals surface area contributed by atoms with Gasteiger partial charge in [0.2, 0.25) is 5.91 Å². The second-order valence-corrected chi connectivity index (χ2v) is 6.52. The number of nitrogens with zero attached hydrogens (tertiary/aromatic N) is 1.